The molecule has 0 spiro atoms. The van der Waals surface area contributed by atoms with Crippen LogP contribution in [0.3, 0.4) is 0 Å². The summed E-state index contributed by atoms with van der Waals surface area (Å²) in [6, 6.07) is 11.3. The Morgan fingerprint density at radius 3 is 1.33 bits per heavy atom. The first-order valence-electron chi connectivity index (χ1n) is 7.33. The zero-order valence-electron chi connectivity index (χ0n) is 13.9. The Bertz CT molecular complexity index is 796. The van der Waals surface area contributed by atoms with E-state index in [1.807, 2.05) is 0 Å². The molecule has 0 aliphatic heterocycles. The van der Waals surface area contributed by atoms with Gasteiger partial charge in [0.25, 0.3) is 0 Å². The van der Waals surface area contributed by atoms with E-state index in [-0.39, 0.29) is 23.0 Å². The lowest BCUT2D eigenvalue weighted by molar-refractivity contribution is 0.1000. The SMILES string of the molecule is NC(=O)c1cccnc1.Oc1cccc(O)c1O.Oc1cccc(O)c1O. The summed E-state index contributed by atoms with van der Waals surface area (Å²) in [6.45, 7) is 0. The number of carbonyl (C=O) groups excluding carboxylic acids is 1. The molecule has 3 rings (SSSR count). The van der Waals surface area contributed by atoms with Crippen molar-refractivity contribution in [3.05, 3.63) is 66.5 Å². The Morgan fingerprint density at radius 1 is 0.704 bits per heavy atom. The largest absolute Gasteiger partial charge is 0.504 e. The molecule has 9 nitrogen and oxygen atoms in total. The number of nitrogens with zero attached hydrogens (tertiary/aromatic N) is 1. The number of amides is 1. The number of pyridine rings is 1. The normalized spacial score (nSPS) is 9.19. The van der Waals surface area contributed by atoms with Gasteiger partial charge in [-0.3, -0.25) is 9.78 Å². The van der Waals surface area contributed by atoms with Gasteiger partial charge in [0.2, 0.25) is 5.91 Å². The second-order valence-corrected chi connectivity index (χ2v) is 4.90. The van der Waals surface area contributed by atoms with Crippen LogP contribution in [0.5, 0.6) is 34.5 Å². The van der Waals surface area contributed by atoms with Crippen LogP contribution >= 0.6 is 0 Å². The predicted octanol–water partition coefficient (Wildman–Crippen LogP) is 1.79. The van der Waals surface area contributed by atoms with Gasteiger partial charge in [0.05, 0.1) is 5.56 Å². The Kier molecular flexibility index (Phi) is 7.73. The molecule has 1 heterocycles. The lowest BCUT2D eigenvalue weighted by Gasteiger charge is -1.96. The third-order valence-electron chi connectivity index (χ3n) is 2.93. The van der Waals surface area contributed by atoms with Crippen LogP contribution in [0, 0.1) is 0 Å². The number of benzene rings is 2. The summed E-state index contributed by atoms with van der Waals surface area (Å²) in [6.07, 6.45) is 3.02. The number of hydrogen-bond donors (Lipinski definition) is 7. The third kappa shape index (κ3) is 6.70. The third-order valence-corrected chi connectivity index (χ3v) is 2.93. The highest BCUT2D eigenvalue weighted by atomic mass is 16.3. The molecule has 9 heteroatoms. The van der Waals surface area contributed by atoms with Crippen molar-refractivity contribution >= 4 is 5.91 Å². The standard InChI is InChI=1S/C6H6N2O.2C6H6O3/c7-6(9)5-2-1-3-8-4-5;2*7-4-2-1-3-5(8)6(4)9/h1-4H,(H2,7,9);2*1-3,7-9H. The number of aromatic hydroxyl groups is 6. The minimum absolute atomic E-state index is 0.310. The summed E-state index contributed by atoms with van der Waals surface area (Å²) in [7, 11) is 0. The maximum Gasteiger partial charge on any atom is 0.250 e. The molecule has 142 valence electrons. The second-order valence-electron chi connectivity index (χ2n) is 4.90. The number of carbonyl (C=O) groups is 1. The van der Waals surface area contributed by atoms with Crippen LogP contribution in [0.4, 0.5) is 0 Å². The van der Waals surface area contributed by atoms with E-state index in [9.17, 15) is 4.79 Å². The zero-order valence-corrected chi connectivity index (χ0v) is 13.9. The summed E-state index contributed by atoms with van der Waals surface area (Å²) in [4.78, 5) is 14.1. The van der Waals surface area contributed by atoms with Gasteiger partial charge in [-0.1, -0.05) is 12.1 Å². The molecular weight excluding hydrogens is 356 g/mol. The van der Waals surface area contributed by atoms with Gasteiger partial charge in [-0.25, -0.2) is 0 Å². The van der Waals surface area contributed by atoms with Crippen LogP contribution in [-0.4, -0.2) is 41.5 Å². The first kappa shape index (κ1) is 20.9. The molecule has 0 unspecified atom stereocenters. The predicted molar refractivity (Wildman–Crippen MR) is 95.6 cm³/mol. The van der Waals surface area contributed by atoms with Crippen LogP contribution < -0.4 is 5.73 Å². The van der Waals surface area contributed by atoms with Crippen molar-refractivity contribution < 1.29 is 35.4 Å². The molecule has 0 aliphatic rings. The van der Waals surface area contributed by atoms with E-state index >= 15 is 0 Å². The van der Waals surface area contributed by atoms with Gasteiger partial charge >= 0.3 is 0 Å². The average molecular weight is 374 g/mol. The van der Waals surface area contributed by atoms with Crippen LogP contribution in [-0.2, 0) is 0 Å². The monoisotopic (exact) mass is 374 g/mol. The zero-order chi connectivity index (χ0) is 20.4. The summed E-state index contributed by atoms with van der Waals surface area (Å²) >= 11 is 0. The molecule has 0 atom stereocenters. The number of para-hydroxylation sites is 2. The smallest absolute Gasteiger partial charge is 0.250 e. The Balaban J connectivity index is 0.000000202. The number of hydrogen-bond acceptors (Lipinski definition) is 8. The van der Waals surface area contributed by atoms with Crippen molar-refractivity contribution in [1.82, 2.24) is 4.98 Å². The highest BCUT2D eigenvalue weighted by molar-refractivity contribution is 5.92. The molecule has 27 heavy (non-hydrogen) atoms. The number of primary amides is 1. The molecule has 2 aromatic carbocycles. The fourth-order valence-corrected chi connectivity index (χ4v) is 1.55. The number of rotatable bonds is 1. The average Bonchev–Trinajstić information content (AvgIpc) is 2.66. The topological polar surface area (TPSA) is 177 Å². The molecule has 0 aliphatic carbocycles. The molecule has 3 aromatic rings. The van der Waals surface area contributed by atoms with Gasteiger partial charge in [0.15, 0.2) is 34.5 Å². The molecule has 1 amide bonds. The van der Waals surface area contributed by atoms with Crippen LogP contribution in [0.15, 0.2) is 60.9 Å². The number of nitrogens with two attached hydrogens (primary N) is 1. The van der Waals surface area contributed by atoms with Crippen molar-refractivity contribution in [1.29, 1.82) is 0 Å². The first-order valence-corrected chi connectivity index (χ1v) is 7.33. The van der Waals surface area contributed by atoms with Crippen LogP contribution in [0.1, 0.15) is 10.4 Å². The second kappa shape index (κ2) is 9.99. The summed E-state index contributed by atoms with van der Waals surface area (Å²) < 4.78 is 0. The van der Waals surface area contributed by atoms with Gasteiger partial charge in [-0.2, -0.15) is 0 Å². The molecule has 0 bridgehead atoms. The first-order chi connectivity index (χ1) is 12.7. The van der Waals surface area contributed by atoms with E-state index in [2.05, 4.69) is 4.98 Å². The molecule has 0 saturated heterocycles. The summed E-state index contributed by atoms with van der Waals surface area (Å²) in [5.74, 6) is -2.63. The van der Waals surface area contributed by atoms with Gasteiger partial charge in [0, 0.05) is 12.4 Å². The summed E-state index contributed by atoms with van der Waals surface area (Å²) in [5.41, 5.74) is 5.38. The lowest BCUT2D eigenvalue weighted by Crippen LogP contribution is -2.10. The van der Waals surface area contributed by atoms with Crippen molar-refractivity contribution in [3.63, 3.8) is 0 Å². The molecule has 8 N–H and O–H groups in total. The minimum atomic E-state index is -0.475. The van der Waals surface area contributed by atoms with Crippen LogP contribution in [0.2, 0.25) is 0 Å². The molecule has 0 saturated carbocycles. The van der Waals surface area contributed by atoms with E-state index in [4.69, 9.17) is 36.4 Å². The Labute approximate surface area is 153 Å². The molecule has 1 aromatic heterocycles. The van der Waals surface area contributed by atoms with E-state index in [1.54, 1.807) is 18.3 Å². The molecule has 0 fully saturated rings. The Hall–Kier alpha value is -4.14. The van der Waals surface area contributed by atoms with Gasteiger partial charge in [0.1, 0.15) is 0 Å². The van der Waals surface area contributed by atoms with E-state index in [0.29, 0.717) is 5.56 Å². The minimum Gasteiger partial charge on any atom is -0.504 e. The van der Waals surface area contributed by atoms with E-state index < -0.39 is 17.4 Å². The number of aromatic nitrogens is 1. The summed E-state index contributed by atoms with van der Waals surface area (Å²) in [5, 5.41) is 52.2. The van der Waals surface area contributed by atoms with Gasteiger partial charge in [-0.15, -0.1) is 0 Å². The van der Waals surface area contributed by atoms with Crippen molar-refractivity contribution in [2.45, 2.75) is 0 Å². The molecular formula is C18H18N2O7. The highest BCUT2D eigenvalue weighted by Crippen LogP contribution is 2.33. The maximum absolute atomic E-state index is 10.4. The Morgan fingerprint density at radius 2 is 1.11 bits per heavy atom. The van der Waals surface area contributed by atoms with Crippen molar-refractivity contribution in [2.75, 3.05) is 0 Å². The van der Waals surface area contributed by atoms with E-state index in [0.717, 1.165) is 0 Å². The van der Waals surface area contributed by atoms with E-state index in [1.165, 1.54) is 42.6 Å². The van der Waals surface area contributed by atoms with Crippen molar-refractivity contribution in [3.8, 4) is 34.5 Å². The number of phenols is 6. The lowest BCUT2D eigenvalue weighted by atomic mass is 10.3. The quantitative estimate of drug-likeness (QED) is 0.315. The van der Waals surface area contributed by atoms with Crippen molar-refractivity contribution in [2.24, 2.45) is 5.73 Å². The van der Waals surface area contributed by atoms with Crippen LogP contribution in [0.25, 0.3) is 0 Å². The number of phenolic OH excluding ortho intramolecular Hbond substituents is 6. The molecule has 0 radical (unpaired) electrons. The van der Waals surface area contributed by atoms with Gasteiger partial charge < -0.3 is 36.4 Å². The maximum atomic E-state index is 10.4. The fraction of sp³-hybridized carbons (Fsp3) is 0. The van der Waals surface area contributed by atoms with Gasteiger partial charge in [-0.05, 0) is 36.4 Å². The highest BCUT2D eigenvalue weighted by Gasteiger charge is 2.01. The fourth-order valence-electron chi connectivity index (χ4n) is 1.55.